The Bertz CT molecular complexity index is 471. The van der Waals surface area contributed by atoms with Crippen LogP contribution in [-0.4, -0.2) is 18.0 Å². The van der Waals surface area contributed by atoms with Gasteiger partial charge in [0.1, 0.15) is 0 Å². The molecule has 21 heavy (non-hydrogen) atoms. The molecule has 2 aliphatic rings. The number of nitrogens with one attached hydrogen (secondary N) is 1. The lowest BCUT2D eigenvalue weighted by Gasteiger charge is -2.33. The first-order valence-electron chi connectivity index (χ1n) is 7.85. The quantitative estimate of drug-likeness (QED) is 0.893. The monoisotopic (exact) mass is 328 g/mol. The van der Waals surface area contributed by atoms with Gasteiger partial charge >= 0.3 is 0 Å². The molecular weight excluding hydrogens is 304 g/mol. The van der Waals surface area contributed by atoms with Gasteiger partial charge in [-0.2, -0.15) is 0 Å². The molecule has 5 heteroatoms. The molecule has 1 aromatic rings. The SMILES string of the molecule is Cl.NC1(CNC(=O)c2cc3c(s2)CCCC3)CCCCC1. The molecule has 0 aromatic carbocycles. The molecule has 0 atom stereocenters. The number of thiophene rings is 1. The summed E-state index contributed by atoms with van der Waals surface area (Å²) in [6.07, 6.45) is 10.6. The summed E-state index contributed by atoms with van der Waals surface area (Å²) >= 11 is 1.68. The fourth-order valence-electron chi connectivity index (χ4n) is 3.38. The lowest BCUT2D eigenvalue weighted by atomic mass is 9.82. The first kappa shape index (κ1) is 16.8. The minimum atomic E-state index is -0.176. The van der Waals surface area contributed by atoms with Gasteiger partial charge in [0, 0.05) is 17.0 Å². The molecule has 0 saturated heterocycles. The van der Waals surface area contributed by atoms with Crippen molar-refractivity contribution in [1.29, 1.82) is 0 Å². The third-order valence-corrected chi connectivity index (χ3v) is 5.91. The highest BCUT2D eigenvalue weighted by molar-refractivity contribution is 7.14. The Morgan fingerprint density at radius 3 is 2.62 bits per heavy atom. The van der Waals surface area contributed by atoms with E-state index in [1.165, 1.54) is 42.5 Å². The van der Waals surface area contributed by atoms with E-state index in [1.807, 2.05) is 0 Å². The fraction of sp³-hybridized carbons (Fsp3) is 0.688. The van der Waals surface area contributed by atoms with Gasteiger partial charge in [-0.25, -0.2) is 0 Å². The molecule has 0 bridgehead atoms. The Kier molecular flexibility index (Phi) is 5.69. The van der Waals surface area contributed by atoms with E-state index in [0.717, 1.165) is 30.6 Å². The molecule has 118 valence electrons. The Balaban J connectivity index is 0.00000161. The second-order valence-electron chi connectivity index (χ2n) is 6.37. The van der Waals surface area contributed by atoms with Gasteiger partial charge < -0.3 is 11.1 Å². The lowest BCUT2D eigenvalue weighted by Crippen LogP contribution is -2.51. The predicted octanol–water partition coefficient (Wildman–Crippen LogP) is 3.44. The molecule has 3 nitrogen and oxygen atoms in total. The van der Waals surface area contributed by atoms with Crippen molar-refractivity contribution >= 4 is 29.7 Å². The van der Waals surface area contributed by atoms with Crippen molar-refractivity contribution in [2.75, 3.05) is 6.54 Å². The summed E-state index contributed by atoms with van der Waals surface area (Å²) < 4.78 is 0. The van der Waals surface area contributed by atoms with Crippen molar-refractivity contribution in [1.82, 2.24) is 5.32 Å². The zero-order valence-corrected chi connectivity index (χ0v) is 14.1. The van der Waals surface area contributed by atoms with Crippen LogP contribution in [0.1, 0.15) is 65.1 Å². The number of halogens is 1. The van der Waals surface area contributed by atoms with E-state index in [2.05, 4.69) is 11.4 Å². The summed E-state index contributed by atoms with van der Waals surface area (Å²) in [4.78, 5) is 14.6. The zero-order valence-electron chi connectivity index (χ0n) is 12.5. The summed E-state index contributed by atoms with van der Waals surface area (Å²) in [5.74, 6) is 0.0693. The summed E-state index contributed by atoms with van der Waals surface area (Å²) in [7, 11) is 0. The predicted molar refractivity (Wildman–Crippen MR) is 90.5 cm³/mol. The van der Waals surface area contributed by atoms with Gasteiger partial charge in [0.05, 0.1) is 4.88 Å². The number of hydrogen-bond acceptors (Lipinski definition) is 3. The van der Waals surface area contributed by atoms with E-state index in [4.69, 9.17) is 5.73 Å². The average molecular weight is 329 g/mol. The van der Waals surface area contributed by atoms with Crippen LogP contribution in [0, 0.1) is 0 Å². The maximum atomic E-state index is 12.3. The number of aryl methyl sites for hydroxylation is 2. The molecule has 1 amide bonds. The van der Waals surface area contributed by atoms with Crippen LogP contribution >= 0.6 is 23.7 Å². The van der Waals surface area contributed by atoms with Gasteiger partial charge in [-0.3, -0.25) is 4.79 Å². The maximum Gasteiger partial charge on any atom is 0.261 e. The summed E-state index contributed by atoms with van der Waals surface area (Å²) in [5, 5.41) is 3.06. The number of hydrogen-bond donors (Lipinski definition) is 2. The van der Waals surface area contributed by atoms with E-state index in [-0.39, 0.29) is 23.9 Å². The standard InChI is InChI=1S/C16H24N2OS.ClH/c17-16(8-4-1-5-9-16)11-18-15(19)14-10-12-6-2-3-7-13(12)20-14;/h10H,1-9,11,17H2,(H,18,19);1H. The minimum Gasteiger partial charge on any atom is -0.349 e. The molecule has 0 radical (unpaired) electrons. The van der Waals surface area contributed by atoms with Gasteiger partial charge in [-0.15, -0.1) is 23.7 Å². The number of nitrogens with two attached hydrogens (primary N) is 1. The van der Waals surface area contributed by atoms with Crippen LogP contribution in [0.15, 0.2) is 6.07 Å². The van der Waals surface area contributed by atoms with Crippen LogP contribution < -0.4 is 11.1 Å². The van der Waals surface area contributed by atoms with Gasteiger partial charge in [0.25, 0.3) is 5.91 Å². The number of carbonyl (C=O) groups is 1. The number of rotatable bonds is 3. The summed E-state index contributed by atoms with van der Waals surface area (Å²) in [5.41, 5.74) is 7.59. The van der Waals surface area contributed by atoms with Gasteiger partial charge in [-0.05, 0) is 50.2 Å². The molecule has 1 fully saturated rings. The summed E-state index contributed by atoms with van der Waals surface area (Å²) in [6, 6.07) is 2.10. The van der Waals surface area contributed by atoms with Gasteiger partial charge in [0.15, 0.2) is 0 Å². The third kappa shape index (κ3) is 3.99. The second-order valence-corrected chi connectivity index (χ2v) is 7.51. The van der Waals surface area contributed by atoms with Crippen molar-refractivity contribution in [2.45, 2.75) is 63.3 Å². The Labute approximate surface area is 137 Å². The molecule has 3 N–H and O–H groups in total. The van der Waals surface area contributed by atoms with Gasteiger partial charge in [-0.1, -0.05) is 19.3 Å². The third-order valence-electron chi connectivity index (χ3n) is 4.67. The van der Waals surface area contributed by atoms with Crippen molar-refractivity contribution in [2.24, 2.45) is 5.73 Å². The largest absolute Gasteiger partial charge is 0.349 e. The highest BCUT2D eigenvalue weighted by Crippen LogP contribution is 2.30. The molecule has 0 unspecified atom stereocenters. The Morgan fingerprint density at radius 1 is 1.19 bits per heavy atom. The van der Waals surface area contributed by atoms with Gasteiger partial charge in [0.2, 0.25) is 0 Å². The smallest absolute Gasteiger partial charge is 0.261 e. The maximum absolute atomic E-state index is 12.3. The Morgan fingerprint density at radius 2 is 1.90 bits per heavy atom. The van der Waals surface area contributed by atoms with Crippen LogP contribution in [0.4, 0.5) is 0 Å². The molecule has 0 spiro atoms. The van der Waals surface area contributed by atoms with E-state index < -0.39 is 0 Å². The van der Waals surface area contributed by atoms with Crippen molar-refractivity contribution in [3.63, 3.8) is 0 Å². The number of amides is 1. The van der Waals surface area contributed by atoms with Crippen molar-refractivity contribution in [3.8, 4) is 0 Å². The molecule has 1 saturated carbocycles. The fourth-order valence-corrected chi connectivity index (χ4v) is 4.55. The zero-order chi connectivity index (χ0) is 14.0. The first-order chi connectivity index (χ1) is 9.66. The first-order valence-corrected chi connectivity index (χ1v) is 8.67. The molecular formula is C16H25ClN2OS. The molecule has 3 rings (SSSR count). The lowest BCUT2D eigenvalue weighted by molar-refractivity contribution is 0.0941. The van der Waals surface area contributed by atoms with Crippen molar-refractivity contribution in [3.05, 3.63) is 21.4 Å². The molecule has 2 aliphatic carbocycles. The minimum absolute atomic E-state index is 0. The molecule has 1 heterocycles. The average Bonchev–Trinajstić information content (AvgIpc) is 2.89. The van der Waals surface area contributed by atoms with Crippen LogP contribution in [-0.2, 0) is 12.8 Å². The highest BCUT2D eigenvalue weighted by Gasteiger charge is 2.28. The van der Waals surface area contributed by atoms with Crippen LogP contribution in [0.2, 0.25) is 0 Å². The van der Waals surface area contributed by atoms with E-state index in [1.54, 1.807) is 11.3 Å². The Hall–Kier alpha value is -0.580. The molecule has 1 aromatic heterocycles. The van der Waals surface area contributed by atoms with Crippen molar-refractivity contribution < 1.29 is 4.79 Å². The number of fused-ring (bicyclic) bond motifs is 1. The normalized spacial score (nSPS) is 20.2. The highest BCUT2D eigenvalue weighted by atomic mass is 35.5. The van der Waals surface area contributed by atoms with Crippen LogP contribution in [0.5, 0.6) is 0 Å². The second kappa shape index (κ2) is 7.12. The van der Waals surface area contributed by atoms with Crippen LogP contribution in [0.25, 0.3) is 0 Å². The van der Waals surface area contributed by atoms with E-state index in [9.17, 15) is 4.79 Å². The number of carbonyl (C=O) groups excluding carboxylic acids is 1. The molecule has 0 aliphatic heterocycles. The summed E-state index contributed by atoms with van der Waals surface area (Å²) in [6.45, 7) is 0.619. The van der Waals surface area contributed by atoms with E-state index >= 15 is 0 Å². The van der Waals surface area contributed by atoms with E-state index in [0.29, 0.717) is 6.54 Å². The topological polar surface area (TPSA) is 55.1 Å². The van der Waals surface area contributed by atoms with Crippen LogP contribution in [0.3, 0.4) is 0 Å².